The van der Waals surface area contributed by atoms with Crippen LogP contribution in [0.3, 0.4) is 0 Å². The highest BCUT2D eigenvalue weighted by molar-refractivity contribution is 7.20. The number of benzene rings is 16. The van der Waals surface area contributed by atoms with Crippen molar-refractivity contribution in [3.8, 4) is 33.4 Å². The van der Waals surface area contributed by atoms with E-state index < -0.39 is 16.1 Å². The molecule has 0 aliphatic carbocycles. The second kappa shape index (κ2) is 35.5. The molecule has 0 heterocycles. The van der Waals surface area contributed by atoms with Crippen LogP contribution in [-0.4, -0.2) is 16.1 Å². The van der Waals surface area contributed by atoms with Crippen LogP contribution in [0.4, 0.5) is 0 Å². The van der Waals surface area contributed by atoms with Gasteiger partial charge in [-0.3, -0.25) is 0 Å². The molecule has 0 aliphatic heterocycles. The summed E-state index contributed by atoms with van der Waals surface area (Å²) in [5.74, 6) is 0. The van der Waals surface area contributed by atoms with Crippen molar-refractivity contribution in [1.82, 2.24) is 0 Å². The van der Waals surface area contributed by atoms with Crippen molar-refractivity contribution in [2.45, 2.75) is 102 Å². The minimum Gasteiger partial charge on any atom is -0.0623 e. The Labute approximate surface area is 677 Å². The molecule has 0 amide bonds. The average molecular weight is 1500 g/mol. The fourth-order valence-corrected chi connectivity index (χ4v) is 25.3. The van der Waals surface area contributed by atoms with Gasteiger partial charge in [-0.05, 0) is 212 Å². The third-order valence-electron chi connectivity index (χ3n) is 22.6. The predicted molar refractivity (Wildman–Crippen MR) is 494 cm³/mol. The van der Waals surface area contributed by atoms with Gasteiger partial charge in [0.1, 0.15) is 0 Å². The predicted octanol–water partition coefficient (Wildman–Crippen LogP) is 23.2. The largest absolute Gasteiger partial charge is 0.179 e. The molecule has 0 unspecified atom stereocenters. The van der Waals surface area contributed by atoms with Gasteiger partial charge in [0.15, 0.2) is 16.1 Å². The van der Waals surface area contributed by atoms with Crippen LogP contribution in [0.15, 0.2) is 388 Å². The number of hydrogen-bond donors (Lipinski definition) is 0. The van der Waals surface area contributed by atoms with Gasteiger partial charge in [-0.1, -0.05) is 448 Å². The van der Waals surface area contributed by atoms with E-state index in [9.17, 15) is 0 Å². The minimum absolute atomic E-state index is 0.358. The lowest BCUT2D eigenvalue weighted by molar-refractivity contribution is 0.743. The summed E-state index contributed by atoms with van der Waals surface area (Å²) >= 11 is 0. The molecule has 0 bridgehead atoms. The molecule has 2 heteroatoms. The van der Waals surface area contributed by atoms with Crippen molar-refractivity contribution in [3.63, 3.8) is 0 Å². The third-order valence-corrected chi connectivity index (χ3v) is 32.2. The van der Waals surface area contributed by atoms with Crippen molar-refractivity contribution in [2.24, 2.45) is 0 Å². The Balaban J connectivity index is 0.000000132. The fourth-order valence-electron chi connectivity index (χ4n) is 15.9. The quantitative estimate of drug-likeness (QED) is 0.0709. The second-order valence-electron chi connectivity index (χ2n) is 31.5. The van der Waals surface area contributed by atoms with Gasteiger partial charge in [0.2, 0.25) is 0 Å². The zero-order valence-electron chi connectivity index (χ0n) is 68.5. The van der Waals surface area contributed by atoms with E-state index in [1.807, 2.05) is 0 Å². The van der Waals surface area contributed by atoms with Gasteiger partial charge in [-0.25, -0.2) is 0 Å². The standard InChI is InChI=1S/C29H28.C28H28Si.C27H26Si.C27H24/c2*1-21-5-13-25(14-6-21)29(26-15-7-22(2)8-16-26,27-17-9-23(3)10-18-27)28-19-11-24(4)12-20-28;1-21-9-15-25(16-10-21)28(24-7-5-4-6-8-24,26-17-11-22(2)12-18-26)27-19-13-23(3)14-20-27;1-19-4-10-22(11-5-19)25-16-26(23-12-6-20(2)7-13-23)18-27(17-25)24-14-8-21(3)9-15-24/h2*5-20H,1-4H3;4-20H,1-3H3;4-18H,1-3H3. The van der Waals surface area contributed by atoms with Gasteiger partial charge in [0.05, 0.1) is 5.41 Å². The van der Waals surface area contributed by atoms with Gasteiger partial charge < -0.3 is 0 Å². The molecule has 0 nitrogen and oxygen atoms in total. The molecule has 0 spiro atoms. The van der Waals surface area contributed by atoms with Gasteiger partial charge in [-0.15, -0.1) is 0 Å². The van der Waals surface area contributed by atoms with Crippen molar-refractivity contribution in [1.29, 1.82) is 0 Å². The van der Waals surface area contributed by atoms with Crippen LogP contribution in [0.2, 0.25) is 0 Å². The van der Waals surface area contributed by atoms with E-state index in [0.29, 0.717) is 0 Å². The number of rotatable bonds is 15. The molecule has 0 saturated carbocycles. The van der Waals surface area contributed by atoms with Crippen molar-refractivity contribution < 1.29 is 0 Å². The molecule has 0 saturated heterocycles. The molecule has 16 rings (SSSR count). The lowest BCUT2D eigenvalue weighted by Gasteiger charge is -2.37. The van der Waals surface area contributed by atoms with Crippen LogP contribution < -0.4 is 41.5 Å². The topological polar surface area (TPSA) is 0 Å². The Kier molecular flexibility index (Phi) is 24.9. The summed E-state index contributed by atoms with van der Waals surface area (Å²) in [6, 6.07) is 145. The smallest absolute Gasteiger partial charge is 0.0623 e. The molecule has 16 aromatic rings. The van der Waals surface area contributed by atoms with Gasteiger partial charge in [0, 0.05) is 0 Å². The summed E-state index contributed by atoms with van der Waals surface area (Å²) in [6.07, 6.45) is 0. The summed E-state index contributed by atoms with van der Waals surface area (Å²) in [6.45, 7) is 30.1. The van der Waals surface area contributed by atoms with Crippen molar-refractivity contribution >= 4 is 57.6 Å². The zero-order valence-corrected chi connectivity index (χ0v) is 70.5. The van der Waals surface area contributed by atoms with Crippen LogP contribution in [0.25, 0.3) is 33.4 Å². The number of hydrogen-bond acceptors (Lipinski definition) is 0. The summed E-state index contributed by atoms with van der Waals surface area (Å²) in [5, 5.41) is 11.4. The molecule has 0 N–H and O–H groups in total. The lowest BCUT2D eigenvalue weighted by atomic mass is 9.65. The molecule has 0 aromatic heterocycles. The Hall–Kier alpha value is -12.0. The van der Waals surface area contributed by atoms with E-state index in [4.69, 9.17) is 0 Å². The maximum Gasteiger partial charge on any atom is 0.179 e. The zero-order chi connectivity index (χ0) is 79.2. The van der Waals surface area contributed by atoms with Crippen LogP contribution in [-0.2, 0) is 5.41 Å². The molecule has 16 aromatic carbocycles. The molecule has 558 valence electrons. The van der Waals surface area contributed by atoms with Crippen LogP contribution in [0, 0.1) is 96.9 Å². The van der Waals surface area contributed by atoms with Gasteiger partial charge in [0.25, 0.3) is 0 Å². The summed E-state index contributed by atoms with van der Waals surface area (Å²) in [7, 11) is -4.76. The summed E-state index contributed by atoms with van der Waals surface area (Å²) < 4.78 is 0. The summed E-state index contributed by atoms with van der Waals surface area (Å²) in [4.78, 5) is 0. The first-order valence-electron chi connectivity index (χ1n) is 39.9. The van der Waals surface area contributed by atoms with Crippen LogP contribution in [0.5, 0.6) is 0 Å². The first-order chi connectivity index (χ1) is 54.7. The Morgan fingerprint density at radius 3 is 0.425 bits per heavy atom. The molecule has 0 aliphatic rings. The summed E-state index contributed by atoms with van der Waals surface area (Å²) in [5.41, 5.74) is 30.4. The molecular formula is C111H106Si2. The van der Waals surface area contributed by atoms with Crippen LogP contribution in [0.1, 0.15) is 100 Å². The maximum absolute atomic E-state index is 2.39. The molecule has 0 atom stereocenters. The molecule has 0 radical (unpaired) electrons. The van der Waals surface area contributed by atoms with Gasteiger partial charge >= 0.3 is 0 Å². The van der Waals surface area contributed by atoms with E-state index in [-0.39, 0.29) is 5.41 Å². The second-order valence-corrected chi connectivity index (χ2v) is 39.2. The number of aryl methyl sites for hydroxylation is 14. The molecule has 113 heavy (non-hydrogen) atoms. The molecule has 0 fully saturated rings. The normalized spacial score (nSPS) is 11.3. The highest BCUT2D eigenvalue weighted by Gasteiger charge is 2.43. The Morgan fingerprint density at radius 1 is 0.133 bits per heavy atom. The van der Waals surface area contributed by atoms with Crippen molar-refractivity contribution in [3.05, 3.63) is 488 Å². The van der Waals surface area contributed by atoms with E-state index in [2.05, 4.69) is 485 Å². The average Bonchev–Trinajstić information content (AvgIpc) is 0.743. The Bertz CT molecular complexity index is 4900. The Morgan fingerprint density at radius 2 is 0.265 bits per heavy atom. The maximum atomic E-state index is 2.35. The van der Waals surface area contributed by atoms with Crippen molar-refractivity contribution in [2.75, 3.05) is 0 Å². The van der Waals surface area contributed by atoms with Gasteiger partial charge in [-0.2, -0.15) is 0 Å². The third kappa shape index (κ3) is 17.8. The highest BCUT2D eigenvalue weighted by Crippen LogP contribution is 2.46. The minimum atomic E-state index is -2.39. The van der Waals surface area contributed by atoms with E-state index in [0.717, 1.165) is 0 Å². The van der Waals surface area contributed by atoms with Crippen LogP contribution >= 0.6 is 0 Å². The van der Waals surface area contributed by atoms with E-state index >= 15 is 0 Å². The lowest BCUT2D eigenvalue weighted by Crippen LogP contribution is -2.74. The first kappa shape index (κ1) is 79.1. The monoisotopic (exact) mass is 1490 g/mol. The van der Waals surface area contributed by atoms with E-state index in [1.165, 1.54) is 175 Å². The van der Waals surface area contributed by atoms with E-state index in [1.54, 1.807) is 0 Å². The SMILES string of the molecule is Cc1ccc(-c2cc(-c3ccc(C)cc3)cc(-c3ccc(C)cc3)c2)cc1.Cc1ccc(C(c2ccc(C)cc2)(c2ccc(C)cc2)c2ccc(C)cc2)cc1.Cc1ccc([Si](c2ccc(C)cc2)(c2ccc(C)cc2)c2ccc(C)cc2)cc1.Cc1ccc([Si](c2ccccc2)(c2ccc(C)cc2)c2ccc(C)cc2)cc1. The molecular weight excluding hydrogens is 1390 g/mol. The highest BCUT2D eigenvalue weighted by atomic mass is 28.3. The fraction of sp³-hybridized carbons (Fsp3) is 0.135. The first-order valence-corrected chi connectivity index (χ1v) is 43.9.